The van der Waals surface area contributed by atoms with E-state index in [0.717, 1.165) is 0 Å². The van der Waals surface area contributed by atoms with Crippen LogP contribution in [0.15, 0.2) is 22.8 Å². The van der Waals surface area contributed by atoms with Crippen LogP contribution in [0.2, 0.25) is 0 Å². The molecule has 0 aliphatic heterocycles. The summed E-state index contributed by atoms with van der Waals surface area (Å²) in [5, 5.41) is 15.9. The second-order valence-electron chi connectivity index (χ2n) is 3.41. The fourth-order valence-electron chi connectivity index (χ4n) is 1.36. The van der Waals surface area contributed by atoms with Gasteiger partial charge in [-0.2, -0.15) is 0 Å². The van der Waals surface area contributed by atoms with Gasteiger partial charge in [-0.05, 0) is 40.5 Å². The summed E-state index contributed by atoms with van der Waals surface area (Å²) in [7, 11) is 0. The lowest BCUT2D eigenvalue weighted by molar-refractivity contribution is 0.0690. The Morgan fingerprint density at radius 3 is 2.82 bits per heavy atom. The van der Waals surface area contributed by atoms with Crippen molar-refractivity contribution in [3.05, 3.63) is 39.9 Å². The van der Waals surface area contributed by atoms with Gasteiger partial charge in [-0.1, -0.05) is 5.21 Å². The Morgan fingerprint density at radius 2 is 2.24 bits per heavy atom. The summed E-state index contributed by atoms with van der Waals surface area (Å²) in [6, 6.07) is 2.85. The smallest absolute Gasteiger partial charge is 0.358 e. The van der Waals surface area contributed by atoms with Crippen LogP contribution in [-0.4, -0.2) is 26.1 Å². The Bertz CT molecular complexity index is 597. The van der Waals surface area contributed by atoms with Gasteiger partial charge < -0.3 is 5.11 Å². The minimum Gasteiger partial charge on any atom is -0.476 e. The monoisotopic (exact) mass is 299 g/mol. The van der Waals surface area contributed by atoms with Gasteiger partial charge in [0, 0.05) is 0 Å². The molecule has 0 saturated carbocycles. The predicted octanol–water partition coefficient (Wildman–Crippen LogP) is 2.18. The first-order valence-electron chi connectivity index (χ1n) is 4.60. The minimum absolute atomic E-state index is 0.162. The molecular weight excluding hydrogens is 293 g/mol. The second kappa shape index (κ2) is 4.25. The van der Waals surface area contributed by atoms with Gasteiger partial charge >= 0.3 is 5.97 Å². The van der Waals surface area contributed by atoms with Crippen LogP contribution in [0.1, 0.15) is 16.1 Å². The highest BCUT2D eigenvalue weighted by molar-refractivity contribution is 9.10. The fraction of sp³-hybridized carbons (Fsp3) is 0.100. The van der Waals surface area contributed by atoms with Crippen molar-refractivity contribution in [2.45, 2.75) is 6.92 Å². The van der Waals surface area contributed by atoms with Crippen LogP contribution in [0.3, 0.4) is 0 Å². The molecule has 2 rings (SSSR count). The first-order chi connectivity index (χ1) is 7.99. The normalized spacial score (nSPS) is 10.5. The molecule has 0 radical (unpaired) electrons. The van der Waals surface area contributed by atoms with Crippen molar-refractivity contribution < 1.29 is 14.3 Å². The average Bonchev–Trinajstić information content (AvgIpc) is 2.72. The molecule has 0 fully saturated rings. The van der Waals surface area contributed by atoms with E-state index in [-0.39, 0.29) is 16.0 Å². The molecule has 88 valence electrons. The summed E-state index contributed by atoms with van der Waals surface area (Å²) in [5.41, 5.74) is 1.04. The molecule has 0 aliphatic carbocycles. The lowest BCUT2D eigenvalue weighted by Crippen LogP contribution is -1.99. The molecule has 1 aromatic carbocycles. The zero-order valence-electron chi connectivity index (χ0n) is 8.69. The molecule has 7 heteroatoms. The number of hydrogen-bond acceptors (Lipinski definition) is 3. The lowest BCUT2D eigenvalue weighted by atomic mass is 10.2. The molecule has 0 bridgehead atoms. The van der Waals surface area contributed by atoms with Crippen LogP contribution in [0.25, 0.3) is 5.69 Å². The Labute approximate surface area is 104 Å². The van der Waals surface area contributed by atoms with Gasteiger partial charge in [0.15, 0.2) is 5.69 Å². The van der Waals surface area contributed by atoms with E-state index in [1.807, 2.05) is 0 Å². The van der Waals surface area contributed by atoms with Crippen molar-refractivity contribution in [1.29, 1.82) is 0 Å². The first-order valence-corrected chi connectivity index (χ1v) is 5.40. The van der Waals surface area contributed by atoms with Crippen molar-refractivity contribution in [3.8, 4) is 5.69 Å². The largest absolute Gasteiger partial charge is 0.476 e. The quantitative estimate of drug-likeness (QED) is 0.923. The highest BCUT2D eigenvalue weighted by Crippen LogP contribution is 2.22. The molecule has 0 unspecified atom stereocenters. The number of rotatable bonds is 2. The SMILES string of the molecule is Cc1cc(F)c(Br)cc1-n1cc(C(=O)O)nn1. The number of carboxylic acids is 1. The summed E-state index contributed by atoms with van der Waals surface area (Å²) in [5.74, 6) is -1.54. The van der Waals surface area contributed by atoms with Gasteiger partial charge in [0.25, 0.3) is 0 Å². The second-order valence-corrected chi connectivity index (χ2v) is 4.26. The number of nitrogens with zero attached hydrogens (tertiary/aromatic N) is 3. The van der Waals surface area contributed by atoms with E-state index in [4.69, 9.17) is 5.11 Å². The summed E-state index contributed by atoms with van der Waals surface area (Å²) >= 11 is 3.06. The third-order valence-corrected chi connectivity index (χ3v) is 2.81. The number of aryl methyl sites for hydroxylation is 1. The predicted molar refractivity (Wildman–Crippen MR) is 60.7 cm³/mol. The molecule has 0 amide bonds. The molecule has 1 aromatic heterocycles. The van der Waals surface area contributed by atoms with Crippen LogP contribution in [0, 0.1) is 12.7 Å². The maximum Gasteiger partial charge on any atom is 0.358 e. The van der Waals surface area contributed by atoms with Crippen molar-refractivity contribution in [3.63, 3.8) is 0 Å². The van der Waals surface area contributed by atoms with Crippen molar-refractivity contribution >= 4 is 21.9 Å². The molecule has 1 heterocycles. The number of benzene rings is 1. The molecule has 0 atom stereocenters. The van der Waals surface area contributed by atoms with E-state index in [1.54, 1.807) is 6.92 Å². The first kappa shape index (κ1) is 11.7. The van der Waals surface area contributed by atoms with Gasteiger partial charge in [0.1, 0.15) is 5.82 Å². The highest BCUT2D eigenvalue weighted by atomic mass is 79.9. The van der Waals surface area contributed by atoms with Gasteiger partial charge in [0.2, 0.25) is 0 Å². The number of hydrogen-bond donors (Lipinski definition) is 1. The van der Waals surface area contributed by atoms with Crippen molar-refractivity contribution in [2.24, 2.45) is 0 Å². The highest BCUT2D eigenvalue weighted by Gasteiger charge is 2.12. The molecule has 2 aromatic rings. The van der Waals surface area contributed by atoms with E-state index in [2.05, 4.69) is 26.2 Å². The van der Waals surface area contributed by atoms with E-state index < -0.39 is 5.97 Å². The van der Waals surface area contributed by atoms with Crippen LogP contribution < -0.4 is 0 Å². The number of aromatic carboxylic acids is 1. The third kappa shape index (κ3) is 2.19. The Kier molecular flexibility index (Phi) is 2.93. The summed E-state index contributed by atoms with van der Waals surface area (Å²) in [6.07, 6.45) is 1.27. The van der Waals surface area contributed by atoms with Crippen LogP contribution in [-0.2, 0) is 0 Å². The Hall–Kier alpha value is -1.76. The van der Waals surface area contributed by atoms with Gasteiger partial charge in [-0.3, -0.25) is 0 Å². The summed E-state index contributed by atoms with van der Waals surface area (Å²) < 4.78 is 14.8. The van der Waals surface area contributed by atoms with Crippen LogP contribution >= 0.6 is 15.9 Å². The van der Waals surface area contributed by atoms with E-state index >= 15 is 0 Å². The Morgan fingerprint density at radius 1 is 1.53 bits per heavy atom. The number of carbonyl (C=O) groups is 1. The van der Waals surface area contributed by atoms with Gasteiger partial charge in [-0.25, -0.2) is 13.9 Å². The summed E-state index contributed by atoms with van der Waals surface area (Å²) in [4.78, 5) is 10.7. The topological polar surface area (TPSA) is 68.0 Å². The van der Waals surface area contributed by atoms with Gasteiger partial charge in [0.05, 0.1) is 16.4 Å². The molecule has 5 nitrogen and oxygen atoms in total. The van der Waals surface area contributed by atoms with Crippen LogP contribution in [0.5, 0.6) is 0 Å². The number of halogens is 2. The molecule has 0 aliphatic rings. The van der Waals surface area contributed by atoms with Crippen molar-refractivity contribution in [1.82, 2.24) is 15.0 Å². The number of aromatic nitrogens is 3. The molecule has 0 saturated heterocycles. The van der Waals surface area contributed by atoms with Gasteiger partial charge in [-0.15, -0.1) is 5.10 Å². The minimum atomic E-state index is -1.16. The lowest BCUT2D eigenvalue weighted by Gasteiger charge is -2.06. The van der Waals surface area contributed by atoms with Crippen LogP contribution in [0.4, 0.5) is 4.39 Å². The summed E-state index contributed by atoms with van der Waals surface area (Å²) in [6.45, 7) is 1.70. The maximum absolute atomic E-state index is 13.2. The van der Waals surface area contributed by atoms with Crippen molar-refractivity contribution in [2.75, 3.05) is 0 Å². The number of carboxylic acid groups (broad SMARTS) is 1. The van der Waals surface area contributed by atoms with E-state index in [0.29, 0.717) is 11.3 Å². The van der Waals surface area contributed by atoms with E-state index in [9.17, 15) is 9.18 Å². The molecule has 17 heavy (non-hydrogen) atoms. The molecule has 0 spiro atoms. The molecule has 1 N–H and O–H groups in total. The van der Waals surface area contributed by atoms with E-state index in [1.165, 1.54) is 23.0 Å². The molecular formula is C10H7BrFN3O2. The zero-order valence-corrected chi connectivity index (χ0v) is 10.3. The third-order valence-electron chi connectivity index (χ3n) is 2.20. The fourth-order valence-corrected chi connectivity index (χ4v) is 1.69. The standard InChI is InChI=1S/C10H7BrFN3O2/c1-5-2-7(12)6(11)3-9(5)15-4-8(10(16)17)13-14-15/h2-4H,1H3,(H,16,17). The average molecular weight is 300 g/mol. The zero-order chi connectivity index (χ0) is 12.6. The Balaban J connectivity index is 2.52. The maximum atomic E-state index is 13.2.